The molecule has 1 amide bonds. The minimum absolute atomic E-state index is 0.176. The first-order chi connectivity index (χ1) is 11.1. The average Bonchev–Trinajstić information content (AvgIpc) is 3.21. The molecule has 1 aliphatic rings. The topological polar surface area (TPSA) is 48.7 Å². The van der Waals surface area contributed by atoms with Gasteiger partial charge in [-0.15, -0.1) is 0 Å². The second-order valence-corrected chi connectivity index (χ2v) is 7.29. The second kappa shape index (κ2) is 7.61. The van der Waals surface area contributed by atoms with E-state index in [0.717, 1.165) is 26.2 Å². The van der Waals surface area contributed by atoms with Gasteiger partial charge < -0.3 is 14.6 Å². The first-order valence-electron chi connectivity index (χ1n) is 7.61. The quantitative estimate of drug-likeness (QED) is 0.842. The van der Waals surface area contributed by atoms with Gasteiger partial charge in [0.1, 0.15) is 0 Å². The summed E-state index contributed by atoms with van der Waals surface area (Å²) in [7, 11) is 2.15. The van der Waals surface area contributed by atoms with Crippen molar-refractivity contribution in [1.82, 2.24) is 15.1 Å². The van der Waals surface area contributed by atoms with Gasteiger partial charge in [0.25, 0.3) is 5.91 Å². The minimum atomic E-state index is -0.176. The molecule has 3 heterocycles. The van der Waals surface area contributed by atoms with E-state index in [9.17, 15) is 4.79 Å². The van der Waals surface area contributed by atoms with Crippen LogP contribution >= 0.6 is 27.3 Å². The molecule has 0 spiro atoms. The molecule has 0 radical (unpaired) electrons. The van der Waals surface area contributed by atoms with E-state index >= 15 is 0 Å². The van der Waals surface area contributed by atoms with E-state index < -0.39 is 0 Å². The lowest BCUT2D eigenvalue weighted by Crippen LogP contribution is -2.48. The summed E-state index contributed by atoms with van der Waals surface area (Å²) in [6.45, 7) is 4.72. The third-order valence-electron chi connectivity index (χ3n) is 4.16. The molecule has 1 N–H and O–H groups in total. The average molecular weight is 398 g/mol. The van der Waals surface area contributed by atoms with E-state index in [0.29, 0.717) is 17.0 Å². The highest BCUT2D eigenvalue weighted by molar-refractivity contribution is 9.10. The second-order valence-electron chi connectivity index (χ2n) is 5.73. The van der Waals surface area contributed by atoms with Crippen molar-refractivity contribution < 1.29 is 9.21 Å². The van der Waals surface area contributed by atoms with Gasteiger partial charge in [-0.05, 0) is 57.5 Å². The maximum absolute atomic E-state index is 12.2. The molecule has 23 heavy (non-hydrogen) atoms. The van der Waals surface area contributed by atoms with Crippen LogP contribution in [0.25, 0.3) is 0 Å². The molecule has 1 aliphatic heterocycles. The monoisotopic (exact) mass is 397 g/mol. The molecule has 1 unspecified atom stereocenters. The Morgan fingerprint density at radius 1 is 1.35 bits per heavy atom. The van der Waals surface area contributed by atoms with Gasteiger partial charge >= 0.3 is 0 Å². The standard InChI is InChI=1S/C16H20BrN3O2S/c1-19-5-7-20(8-6-19)13(12-4-9-23-11-12)10-18-16(21)14-2-3-15(17)22-14/h2-4,9,11,13H,5-8,10H2,1H3,(H,18,21). The van der Waals surface area contributed by atoms with Gasteiger partial charge in [-0.3, -0.25) is 9.69 Å². The van der Waals surface area contributed by atoms with Crippen molar-refractivity contribution >= 4 is 33.2 Å². The predicted octanol–water partition coefficient (Wildman–Crippen LogP) is 2.82. The Morgan fingerprint density at radius 2 is 2.13 bits per heavy atom. The normalized spacial score (nSPS) is 18.0. The van der Waals surface area contributed by atoms with Gasteiger partial charge in [0, 0.05) is 32.7 Å². The molecule has 124 valence electrons. The van der Waals surface area contributed by atoms with Gasteiger partial charge in [0.15, 0.2) is 10.4 Å². The summed E-state index contributed by atoms with van der Waals surface area (Å²) >= 11 is 4.91. The van der Waals surface area contributed by atoms with Crippen LogP contribution in [0.4, 0.5) is 0 Å². The van der Waals surface area contributed by atoms with Crippen LogP contribution in [0.15, 0.2) is 38.0 Å². The largest absolute Gasteiger partial charge is 0.444 e. The van der Waals surface area contributed by atoms with Crippen LogP contribution in [-0.4, -0.2) is 55.5 Å². The molecule has 5 nitrogen and oxygen atoms in total. The number of rotatable bonds is 5. The summed E-state index contributed by atoms with van der Waals surface area (Å²) < 4.78 is 5.88. The number of thiophene rings is 1. The van der Waals surface area contributed by atoms with Crippen molar-refractivity contribution in [3.63, 3.8) is 0 Å². The number of furan rings is 1. The number of carbonyl (C=O) groups is 1. The molecule has 0 bridgehead atoms. The van der Waals surface area contributed by atoms with Crippen molar-refractivity contribution in [2.75, 3.05) is 39.8 Å². The fraction of sp³-hybridized carbons (Fsp3) is 0.438. The van der Waals surface area contributed by atoms with E-state index in [1.54, 1.807) is 23.5 Å². The van der Waals surface area contributed by atoms with E-state index in [-0.39, 0.29) is 11.9 Å². The molecule has 2 aromatic heterocycles. The van der Waals surface area contributed by atoms with Crippen molar-refractivity contribution in [2.45, 2.75) is 6.04 Å². The Labute approximate surface area is 148 Å². The highest BCUT2D eigenvalue weighted by Gasteiger charge is 2.25. The Kier molecular flexibility index (Phi) is 5.53. The van der Waals surface area contributed by atoms with Crippen molar-refractivity contribution in [3.8, 4) is 0 Å². The Balaban J connectivity index is 1.66. The summed E-state index contributed by atoms with van der Waals surface area (Å²) in [4.78, 5) is 17.0. The summed E-state index contributed by atoms with van der Waals surface area (Å²) in [5.41, 5.74) is 1.26. The fourth-order valence-electron chi connectivity index (χ4n) is 2.77. The molecule has 0 aromatic carbocycles. The number of piperazine rings is 1. The first-order valence-corrected chi connectivity index (χ1v) is 9.35. The predicted molar refractivity (Wildman–Crippen MR) is 94.9 cm³/mol. The maximum Gasteiger partial charge on any atom is 0.287 e. The van der Waals surface area contributed by atoms with E-state index in [1.165, 1.54) is 5.56 Å². The molecule has 3 rings (SSSR count). The fourth-order valence-corrected chi connectivity index (χ4v) is 3.78. The lowest BCUT2D eigenvalue weighted by Gasteiger charge is -2.37. The minimum Gasteiger partial charge on any atom is -0.444 e. The van der Waals surface area contributed by atoms with Crippen molar-refractivity contribution in [3.05, 3.63) is 45.0 Å². The number of nitrogens with zero attached hydrogens (tertiary/aromatic N) is 2. The summed E-state index contributed by atoms with van der Waals surface area (Å²) in [5.74, 6) is 0.157. The number of nitrogens with one attached hydrogen (secondary N) is 1. The van der Waals surface area contributed by atoms with Crippen LogP contribution < -0.4 is 5.32 Å². The number of amides is 1. The zero-order valence-corrected chi connectivity index (χ0v) is 15.4. The van der Waals surface area contributed by atoms with Crippen LogP contribution in [0.3, 0.4) is 0 Å². The highest BCUT2D eigenvalue weighted by Crippen LogP contribution is 2.24. The van der Waals surface area contributed by atoms with Crippen LogP contribution in [0.1, 0.15) is 22.2 Å². The number of likely N-dealkylation sites (N-methyl/N-ethyl adjacent to an activating group) is 1. The van der Waals surface area contributed by atoms with E-state index in [4.69, 9.17) is 4.42 Å². The summed E-state index contributed by atoms with van der Waals surface area (Å²) in [6.07, 6.45) is 0. The lowest BCUT2D eigenvalue weighted by atomic mass is 10.1. The van der Waals surface area contributed by atoms with Crippen LogP contribution in [0.5, 0.6) is 0 Å². The van der Waals surface area contributed by atoms with E-state index in [1.807, 2.05) is 0 Å². The molecule has 1 fully saturated rings. The van der Waals surface area contributed by atoms with Crippen LogP contribution in [-0.2, 0) is 0 Å². The summed E-state index contributed by atoms with van der Waals surface area (Å²) in [6, 6.07) is 5.75. The molecule has 1 saturated heterocycles. The molecular weight excluding hydrogens is 378 g/mol. The summed E-state index contributed by atoms with van der Waals surface area (Å²) in [5, 5.41) is 7.26. The Hall–Kier alpha value is -1.15. The van der Waals surface area contributed by atoms with Crippen LogP contribution in [0.2, 0.25) is 0 Å². The zero-order valence-electron chi connectivity index (χ0n) is 13.0. The molecule has 0 aliphatic carbocycles. The van der Waals surface area contributed by atoms with Crippen LogP contribution in [0, 0.1) is 0 Å². The SMILES string of the molecule is CN1CCN(C(CNC(=O)c2ccc(Br)o2)c2ccsc2)CC1. The molecule has 2 aromatic rings. The lowest BCUT2D eigenvalue weighted by molar-refractivity contribution is 0.0862. The van der Waals surface area contributed by atoms with Crippen molar-refractivity contribution in [1.29, 1.82) is 0 Å². The molecule has 7 heteroatoms. The van der Waals surface area contributed by atoms with Gasteiger partial charge in [0.2, 0.25) is 0 Å². The number of halogens is 1. The number of hydrogen-bond donors (Lipinski definition) is 1. The third kappa shape index (κ3) is 4.23. The Bertz CT molecular complexity index is 636. The van der Waals surface area contributed by atoms with Gasteiger partial charge in [0.05, 0.1) is 6.04 Å². The highest BCUT2D eigenvalue weighted by atomic mass is 79.9. The molecule has 1 atom stereocenters. The maximum atomic E-state index is 12.2. The Morgan fingerprint density at radius 3 is 2.74 bits per heavy atom. The van der Waals surface area contributed by atoms with Gasteiger partial charge in [-0.2, -0.15) is 11.3 Å². The van der Waals surface area contributed by atoms with Gasteiger partial charge in [-0.1, -0.05) is 0 Å². The number of carbonyl (C=O) groups excluding carboxylic acids is 1. The van der Waals surface area contributed by atoms with Crippen molar-refractivity contribution in [2.24, 2.45) is 0 Å². The first kappa shape index (κ1) is 16.7. The molecular formula is C16H20BrN3O2S. The smallest absolute Gasteiger partial charge is 0.287 e. The third-order valence-corrected chi connectivity index (χ3v) is 5.29. The number of hydrogen-bond acceptors (Lipinski definition) is 5. The van der Waals surface area contributed by atoms with E-state index in [2.05, 4.69) is 54.9 Å². The zero-order chi connectivity index (χ0) is 16.2. The molecule has 0 saturated carbocycles. The van der Waals surface area contributed by atoms with Gasteiger partial charge in [-0.25, -0.2) is 0 Å².